The lowest BCUT2D eigenvalue weighted by atomic mass is 9.93. The van der Waals surface area contributed by atoms with Crippen molar-refractivity contribution in [2.24, 2.45) is 5.11 Å². The zero-order valence-electron chi connectivity index (χ0n) is 14.4. The van der Waals surface area contributed by atoms with Crippen LogP contribution in [-0.2, 0) is 22.9 Å². The van der Waals surface area contributed by atoms with Crippen LogP contribution in [0.5, 0.6) is 0 Å². The lowest BCUT2D eigenvalue weighted by Crippen LogP contribution is -2.48. The number of ether oxygens (including phenoxy) is 1. The molecule has 0 amide bonds. The zero-order chi connectivity index (χ0) is 19.2. The highest BCUT2D eigenvalue weighted by molar-refractivity contribution is 7.48. The number of fused-ring (bicyclic) bond motifs is 1. The molecule has 146 valence electrons. The van der Waals surface area contributed by atoms with E-state index in [-0.39, 0.29) is 12.7 Å². The predicted molar refractivity (Wildman–Crippen MR) is 89.9 cm³/mol. The van der Waals surface area contributed by atoms with E-state index in [9.17, 15) is 14.2 Å². The Labute approximate surface area is 152 Å². The lowest BCUT2D eigenvalue weighted by Gasteiger charge is -2.37. The van der Waals surface area contributed by atoms with Crippen LogP contribution in [0.15, 0.2) is 27.0 Å². The van der Waals surface area contributed by atoms with Crippen LogP contribution in [0.2, 0.25) is 0 Å². The van der Waals surface area contributed by atoms with Gasteiger partial charge in [0.15, 0.2) is 6.23 Å². The highest BCUT2D eigenvalue weighted by atomic mass is 31.2. The molecule has 13 heteroatoms. The lowest BCUT2D eigenvalue weighted by molar-refractivity contribution is -0.0800. The first-order valence-electron chi connectivity index (χ1n) is 8.49. The molecule has 0 aromatic carbocycles. The quantitative estimate of drug-likeness (QED) is 0.348. The molecule has 3 heterocycles. The third kappa shape index (κ3) is 3.14. The zero-order valence-corrected chi connectivity index (χ0v) is 15.3. The van der Waals surface area contributed by atoms with Gasteiger partial charge in [0, 0.05) is 17.2 Å². The van der Waals surface area contributed by atoms with Crippen molar-refractivity contribution in [1.82, 2.24) is 9.55 Å². The van der Waals surface area contributed by atoms with Gasteiger partial charge in [0.05, 0.1) is 12.7 Å². The Morgan fingerprint density at radius 2 is 2.26 bits per heavy atom. The molecule has 1 aliphatic carbocycles. The molecule has 1 aromatic heterocycles. The van der Waals surface area contributed by atoms with Gasteiger partial charge < -0.3 is 4.74 Å². The molecule has 3 fully saturated rings. The number of hydrogen-bond acceptors (Lipinski definition) is 8. The Hall–Kier alpha value is -1.94. The minimum Gasteiger partial charge on any atom is -0.349 e. The first kappa shape index (κ1) is 18.4. The molecule has 0 spiro atoms. The molecule has 27 heavy (non-hydrogen) atoms. The van der Waals surface area contributed by atoms with E-state index in [1.165, 1.54) is 13.1 Å². The van der Waals surface area contributed by atoms with E-state index in [2.05, 4.69) is 15.0 Å². The predicted octanol–water partition coefficient (Wildman–Crippen LogP) is 1.60. The minimum atomic E-state index is -3.85. The van der Waals surface area contributed by atoms with Crippen molar-refractivity contribution in [2.75, 3.05) is 6.61 Å². The topological polar surface area (TPSA) is 158 Å². The molecule has 1 aromatic rings. The molecular formula is C14H18N5O7P. The van der Waals surface area contributed by atoms with Gasteiger partial charge in [-0.15, -0.1) is 0 Å². The fraction of sp³-hybridized carbons (Fsp3) is 0.714. The number of nitrogens with zero attached hydrogens (tertiary/aromatic N) is 4. The van der Waals surface area contributed by atoms with E-state index in [0.717, 1.165) is 29.9 Å². The molecule has 0 radical (unpaired) electrons. The number of rotatable bonds is 4. The standard InChI is InChI=1S/C14H18N5O7P/c1-14(17-18-15)11-9(7-23-27(22,26-11)25-8-3-2-4-8)24-12(14)19-6-5-10(20)16-13(19)21/h5-6,8-9,11-12H,2-4,7H2,1H3,(H,16,20,21)/t9-,11?,12?,14-,27+/m1/s1. The highest BCUT2D eigenvalue weighted by Gasteiger charge is 2.61. The maximum Gasteiger partial charge on any atom is 0.475 e. The molecule has 1 saturated carbocycles. The SMILES string of the molecule is C[C@@]1(N=[N+]=[N-])C2O[P@](=O)(OC3CCC3)OC[C@H]2OC1n1ccc(=O)[nH]c1=O. The molecule has 1 N–H and O–H groups in total. The molecule has 5 atom stereocenters. The van der Waals surface area contributed by atoms with Gasteiger partial charge >= 0.3 is 13.5 Å². The number of hydrogen-bond donors (Lipinski definition) is 1. The number of azide groups is 1. The van der Waals surface area contributed by atoms with E-state index in [1.54, 1.807) is 0 Å². The Balaban J connectivity index is 1.68. The van der Waals surface area contributed by atoms with Crippen molar-refractivity contribution in [3.8, 4) is 0 Å². The van der Waals surface area contributed by atoms with Crippen molar-refractivity contribution in [1.29, 1.82) is 0 Å². The van der Waals surface area contributed by atoms with E-state index >= 15 is 0 Å². The van der Waals surface area contributed by atoms with Crippen LogP contribution in [0.4, 0.5) is 0 Å². The normalized spacial score (nSPS) is 38.6. The van der Waals surface area contributed by atoms with Crippen LogP contribution in [0.3, 0.4) is 0 Å². The first-order chi connectivity index (χ1) is 12.8. The first-order valence-corrected chi connectivity index (χ1v) is 9.95. The Kier molecular flexibility index (Phi) is 4.50. The molecule has 2 aliphatic heterocycles. The van der Waals surface area contributed by atoms with Crippen molar-refractivity contribution < 1.29 is 22.9 Å². The number of phosphoric acid groups is 1. The van der Waals surface area contributed by atoms with Gasteiger partial charge in [0.1, 0.15) is 17.7 Å². The largest absolute Gasteiger partial charge is 0.475 e. The van der Waals surface area contributed by atoms with Gasteiger partial charge in [0.25, 0.3) is 5.56 Å². The van der Waals surface area contributed by atoms with Crippen LogP contribution in [0, 0.1) is 0 Å². The van der Waals surface area contributed by atoms with Crippen molar-refractivity contribution >= 4 is 7.82 Å². The smallest absolute Gasteiger partial charge is 0.349 e. The Bertz CT molecular complexity index is 952. The van der Waals surface area contributed by atoms with Gasteiger partial charge in [-0.1, -0.05) is 5.11 Å². The maximum absolute atomic E-state index is 12.9. The summed E-state index contributed by atoms with van der Waals surface area (Å²) in [6.45, 7) is 1.42. The monoisotopic (exact) mass is 399 g/mol. The van der Waals surface area contributed by atoms with Crippen molar-refractivity contribution in [3.05, 3.63) is 43.5 Å². The van der Waals surface area contributed by atoms with Crippen LogP contribution in [-0.4, -0.2) is 40.0 Å². The number of aromatic amines is 1. The summed E-state index contributed by atoms with van der Waals surface area (Å²) in [6, 6.07) is 1.14. The van der Waals surface area contributed by atoms with Crippen molar-refractivity contribution in [2.45, 2.75) is 56.3 Å². The highest BCUT2D eigenvalue weighted by Crippen LogP contribution is 2.61. The average Bonchev–Trinajstić information content (AvgIpc) is 2.84. The van der Waals surface area contributed by atoms with Gasteiger partial charge in [-0.25, -0.2) is 9.36 Å². The second kappa shape index (κ2) is 6.59. The Morgan fingerprint density at radius 1 is 1.48 bits per heavy atom. The Morgan fingerprint density at radius 3 is 2.89 bits per heavy atom. The maximum atomic E-state index is 12.9. The molecule has 0 bridgehead atoms. The van der Waals surface area contributed by atoms with Crippen LogP contribution in [0.1, 0.15) is 32.4 Å². The van der Waals surface area contributed by atoms with Crippen LogP contribution >= 0.6 is 7.82 Å². The third-order valence-corrected chi connectivity index (χ3v) is 6.56. The molecule has 12 nitrogen and oxygen atoms in total. The number of H-pyrrole nitrogens is 1. The summed E-state index contributed by atoms with van der Waals surface area (Å²) in [5.74, 6) is 0. The summed E-state index contributed by atoms with van der Waals surface area (Å²) in [5.41, 5.74) is 6.32. The van der Waals surface area contributed by atoms with E-state index in [0.29, 0.717) is 0 Å². The summed E-state index contributed by atoms with van der Waals surface area (Å²) in [5, 5.41) is 3.79. The second-order valence-electron chi connectivity index (χ2n) is 6.89. The molecule has 2 saturated heterocycles. The van der Waals surface area contributed by atoms with Gasteiger partial charge in [0.2, 0.25) is 0 Å². The fourth-order valence-electron chi connectivity index (χ4n) is 3.40. The fourth-order valence-corrected chi connectivity index (χ4v) is 5.11. The minimum absolute atomic E-state index is 0.111. The number of nitrogens with one attached hydrogen (secondary N) is 1. The van der Waals surface area contributed by atoms with Crippen LogP contribution in [0.25, 0.3) is 10.4 Å². The third-order valence-electron chi connectivity index (χ3n) is 5.05. The molecule has 3 aliphatic rings. The summed E-state index contributed by atoms with van der Waals surface area (Å²) < 4.78 is 36.2. The van der Waals surface area contributed by atoms with E-state index in [4.69, 9.17) is 23.8 Å². The summed E-state index contributed by atoms with van der Waals surface area (Å²) >= 11 is 0. The summed E-state index contributed by atoms with van der Waals surface area (Å²) in [6.07, 6.45) is 0.764. The average molecular weight is 399 g/mol. The molecule has 4 rings (SSSR count). The summed E-state index contributed by atoms with van der Waals surface area (Å²) in [4.78, 5) is 28.5. The van der Waals surface area contributed by atoms with Crippen LogP contribution < -0.4 is 11.2 Å². The molecule has 2 unspecified atom stereocenters. The van der Waals surface area contributed by atoms with E-state index < -0.39 is 43.0 Å². The van der Waals surface area contributed by atoms with Gasteiger partial charge in [-0.3, -0.25) is 27.9 Å². The van der Waals surface area contributed by atoms with Crippen molar-refractivity contribution in [3.63, 3.8) is 0 Å². The van der Waals surface area contributed by atoms with E-state index in [1.807, 2.05) is 0 Å². The number of aromatic nitrogens is 2. The van der Waals surface area contributed by atoms with Gasteiger partial charge in [-0.05, 0) is 31.7 Å². The molecular weight excluding hydrogens is 381 g/mol. The summed E-state index contributed by atoms with van der Waals surface area (Å²) in [7, 11) is -3.85. The number of phosphoric ester groups is 1. The second-order valence-corrected chi connectivity index (χ2v) is 8.46. The van der Waals surface area contributed by atoms with Gasteiger partial charge in [-0.2, -0.15) is 0 Å².